The highest BCUT2D eigenvalue weighted by Crippen LogP contribution is 2.14. The zero-order chi connectivity index (χ0) is 16.6. The fraction of sp³-hybridized carbons (Fsp3) is 0.636. The van der Waals surface area contributed by atoms with Crippen molar-refractivity contribution in [3.8, 4) is 5.75 Å². The smallest absolute Gasteiger partial charge is 0.119 e. The molecule has 0 fully saturated rings. The minimum Gasteiger partial charge on any atom is -0.494 e. The number of benzene rings is 1. The van der Waals surface area contributed by atoms with E-state index in [1.165, 1.54) is 77.0 Å². The Balaban J connectivity index is 1.83. The van der Waals surface area contributed by atoms with Gasteiger partial charge in [0.1, 0.15) is 5.75 Å². The molecule has 0 saturated heterocycles. The summed E-state index contributed by atoms with van der Waals surface area (Å²) in [5.41, 5.74) is 1.14. The molecule has 0 aliphatic rings. The highest BCUT2D eigenvalue weighted by molar-refractivity contribution is 5.48. The number of rotatable bonds is 15. The maximum Gasteiger partial charge on any atom is 0.119 e. The van der Waals surface area contributed by atoms with Crippen molar-refractivity contribution in [2.75, 3.05) is 6.61 Å². The van der Waals surface area contributed by atoms with Gasteiger partial charge in [0.25, 0.3) is 0 Å². The van der Waals surface area contributed by atoms with Crippen LogP contribution in [-0.4, -0.2) is 6.61 Å². The Morgan fingerprint density at radius 2 is 1.22 bits per heavy atom. The summed E-state index contributed by atoms with van der Waals surface area (Å²) in [6, 6.07) is 8.14. The second kappa shape index (κ2) is 14.4. The quantitative estimate of drug-likeness (QED) is 0.306. The number of hydrogen-bond donors (Lipinski definition) is 0. The predicted octanol–water partition coefficient (Wildman–Crippen LogP) is 7.41. The number of unbranched alkanes of at least 4 members (excludes halogenated alkanes) is 11. The minimum atomic E-state index is 0.838. The third-order valence-corrected chi connectivity index (χ3v) is 4.38. The average molecular weight is 317 g/mol. The molecule has 0 aliphatic heterocycles. The van der Waals surface area contributed by atoms with Crippen molar-refractivity contribution in [3.05, 3.63) is 36.4 Å². The van der Waals surface area contributed by atoms with E-state index in [0.29, 0.717) is 0 Å². The van der Waals surface area contributed by atoms with Gasteiger partial charge in [-0.3, -0.25) is 0 Å². The zero-order valence-electron chi connectivity index (χ0n) is 15.2. The van der Waals surface area contributed by atoms with E-state index in [1.54, 1.807) is 0 Å². The summed E-state index contributed by atoms with van der Waals surface area (Å²) in [7, 11) is 0. The van der Waals surface area contributed by atoms with Gasteiger partial charge in [-0.25, -0.2) is 0 Å². The first kappa shape index (κ1) is 19.8. The molecule has 0 spiro atoms. The van der Waals surface area contributed by atoms with Crippen molar-refractivity contribution in [2.45, 2.75) is 84.0 Å². The van der Waals surface area contributed by atoms with Crippen LogP contribution in [0, 0.1) is 0 Å². The molecule has 1 aromatic rings. The monoisotopic (exact) mass is 316 g/mol. The third kappa shape index (κ3) is 11.0. The lowest BCUT2D eigenvalue weighted by Gasteiger charge is -2.06. The van der Waals surface area contributed by atoms with E-state index in [-0.39, 0.29) is 0 Å². The summed E-state index contributed by atoms with van der Waals surface area (Å²) < 4.78 is 5.76. The summed E-state index contributed by atoms with van der Waals surface area (Å²) >= 11 is 0. The van der Waals surface area contributed by atoms with Gasteiger partial charge in [-0.15, -0.1) is 0 Å². The fourth-order valence-electron chi connectivity index (χ4n) is 2.83. The fourth-order valence-corrected chi connectivity index (χ4v) is 2.83. The molecule has 0 atom stereocenters. The van der Waals surface area contributed by atoms with E-state index >= 15 is 0 Å². The van der Waals surface area contributed by atoms with E-state index in [1.807, 2.05) is 30.3 Å². The molecule has 0 aromatic heterocycles. The van der Waals surface area contributed by atoms with E-state index in [4.69, 9.17) is 4.74 Å². The Morgan fingerprint density at radius 1 is 0.739 bits per heavy atom. The molecule has 23 heavy (non-hydrogen) atoms. The lowest BCUT2D eigenvalue weighted by atomic mass is 10.1. The van der Waals surface area contributed by atoms with Crippen molar-refractivity contribution in [2.24, 2.45) is 0 Å². The van der Waals surface area contributed by atoms with Crippen LogP contribution in [0.5, 0.6) is 5.75 Å². The molecule has 1 aromatic carbocycles. The van der Waals surface area contributed by atoms with Crippen LogP contribution in [0.1, 0.15) is 89.5 Å². The summed E-state index contributed by atoms with van der Waals surface area (Å²) in [4.78, 5) is 0. The van der Waals surface area contributed by atoms with Gasteiger partial charge in [-0.1, -0.05) is 102 Å². The van der Waals surface area contributed by atoms with Crippen LogP contribution in [0.2, 0.25) is 0 Å². The van der Waals surface area contributed by atoms with Crippen LogP contribution in [0.3, 0.4) is 0 Å². The Bertz CT molecular complexity index is 379. The molecule has 0 N–H and O–H groups in total. The SMILES string of the molecule is C=Cc1ccc(OCCCCCCCCCCCCCC)cc1. The van der Waals surface area contributed by atoms with E-state index in [2.05, 4.69) is 13.5 Å². The third-order valence-electron chi connectivity index (χ3n) is 4.38. The van der Waals surface area contributed by atoms with Crippen LogP contribution < -0.4 is 4.74 Å². The van der Waals surface area contributed by atoms with Gasteiger partial charge in [-0.2, -0.15) is 0 Å². The number of hydrogen-bond acceptors (Lipinski definition) is 1. The number of ether oxygens (including phenoxy) is 1. The summed E-state index contributed by atoms with van der Waals surface area (Å²) in [6.45, 7) is 6.88. The molecule has 0 unspecified atom stereocenters. The van der Waals surface area contributed by atoms with Crippen LogP contribution in [0.4, 0.5) is 0 Å². The molecule has 0 heterocycles. The van der Waals surface area contributed by atoms with Crippen molar-refractivity contribution < 1.29 is 4.74 Å². The molecule has 0 amide bonds. The lowest BCUT2D eigenvalue weighted by Crippen LogP contribution is -1.97. The molecule has 0 bridgehead atoms. The first-order valence-electron chi connectivity index (χ1n) is 9.72. The Hall–Kier alpha value is -1.24. The van der Waals surface area contributed by atoms with Crippen LogP contribution >= 0.6 is 0 Å². The minimum absolute atomic E-state index is 0.838. The molecular formula is C22H36O. The van der Waals surface area contributed by atoms with Gasteiger partial charge < -0.3 is 4.74 Å². The summed E-state index contributed by atoms with van der Waals surface area (Å²) in [5.74, 6) is 0.971. The van der Waals surface area contributed by atoms with Crippen molar-refractivity contribution in [1.29, 1.82) is 0 Å². The predicted molar refractivity (Wildman–Crippen MR) is 103 cm³/mol. The molecule has 0 aliphatic carbocycles. The second-order valence-corrected chi connectivity index (χ2v) is 6.51. The van der Waals surface area contributed by atoms with E-state index < -0.39 is 0 Å². The highest BCUT2D eigenvalue weighted by atomic mass is 16.5. The van der Waals surface area contributed by atoms with Gasteiger partial charge in [0.05, 0.1) is 6.61 Å². The van der Waals surface area contributed by atoms with Gasteiger partial charge >= 0.3 is 0 Å². The zero-order valence-corrected chi connectivity index (χ0v) is 15.2. The molecule has 1 rings (SSSR count). The molecule has 0 radical (unpaired) electrons. The standard InChI is InChI=1S/C22H36O/c1-3-5-6-7-8-9-10-11-12-13-14-15-20-23-22-18-16-21(4-2)17-19-22/h4,16-19H,2-3,5-15,20H2,1H3. The van der Waals surface area contributed by atoms with Gasteiger partial charge in [0.2, 0.25) is 0 Å². The van der Waals surface area contributed by atoms with Gasteiger partial charge in [-0.05, 0) is 24.1 Å². The molecular weight excluding hydrogens is 280 g/mol. The van der Waals surface area contributed by atoms with Crippen molar-refractivity contribution >= 4 is 6.08 Å². The first-order chi connectivity index (χ1) is 11.4. The largest absolute Gasteiger partial charge is 0.494 e. The molecule has 0 saturated carbocycles. The van der Waals surface area contributed by atoms with Gasteiger partial charge in [0.15, 0.2) is 0 Å². The molecule has 130 valence electrons. The van der Waals surface area contributed by atoms with Crippen molar-refractivity contribution in [1.82, 2.24) is 0 Å². The maximum absolute atomic E-state index is 5.76. The Kier molecular flexibility index (Phi) is 12.4. The summed E-state index contributed by atoms with van der Waals surface area (Å²) in [6.07, 6.45) is 18.4. The Morgan fingerprint density at radius 3 is 1.70 bits per heavy atom. The second-order valence-electron chi connectivity index (χ2n) is 6.51. The van der Waals surface area contributed by atoms with Crippen molar-refractivity contribution in [3.63, 3.8) is 0 Å². The Labute approximate surface area is 144 Å². The first-order valence-corrected chi connectivity index (χ1v) is 9.72. The normalized spacial score (nSPS) is 10.7. The lowest BCUT2D eigenvalue weighted by molar-refractivity contribution is 0.304. The topological polar surface area (TPSA) is 9.23 Å². The average Bonchev–Trinajstić information content (AvgIpc) is 2.59. The van der Waals surface area contributed by atoms with Crippen LogP contribution in [0.25, 0.3) is 6.08 Å². The molecule has 1 nitrogen and oxygen atoms in total. The maximum atomic E-state index is 5.76. The van der Waals surface area contributed by atoms with Crippen LogP contribution in [-0.2, 0) is 0 Å². The van der Waals surface area contributed by atoms with Crippen LogP contribution in [0.15, 0.2) is 30.8 Å². The highest BCUT2D eigenvalue weighted by Gasteiger charge is 1.95. The summed E-state index contributed by atoms with van der Waals surface area (Å²) in [5, 5.41) is 0. The van der Waals surface area contributed by atoms with E-state index in [0.717, 1.165) is 17.9 Å². The van der Waals surface area contributed by atoms with Gasteiger partial charge in [0, 0.05) is 0 Å². The molecule has 1 heteroatoms. The van der Waals surface area contributed by atoms with E-state index in [9.17, 15) is 0 Å².